The lowest BCUT2D eigenvalue weighted by atomic mass is 9.71. The molecule has 4 heteroatoms. The van der Waals surface area contributed by atoms with Crippen LogP contribution < -0.4 is 9.47 Å². The van der Waals surface area contributed by atoms with E-state index in [1.54, 1.807) is 14.2 Å². The molecule has 1 heterocycles. The minimum Gasteiger partial charge on any atom is -0.493 e. The van der Waals surface area contributed by atoms with Crippen LogP contribution in [0.15, 0.2) is 18.2 Å². The second-order valence-electron chi connectivity index (χ2n) is 6.02. The molecule has 0 saturated carbocycles. The number of hydrogen-bond acceptors (Lipinski definition) is 4. The van der Waals surface area contributed by atoms with Gasteiger partial charge in [0.15, 0.2) is 11.5 Å². The summed E-state index contributed by atoms with van der Waals surface area (Å²) in [5.41, 5.74) is 1.52. The Morgan fingerprint density at radius 1 is 1.10 bits per heavy atom. The molecule has 0 aliphatic carbocycles. The van der Waals surface area contributed by atoms with Crippen molar-refractivity contribution in [3.8, 4) is 11.5 Å². The van der Waals surface area contributed by atoms with Crippen molar-refractivity contribution < 1.29 is 14.2 Å². The minimum atomic E-state index is 0.183. The van der Waals surface area contributed by atoms with Crippen molar-refractivity contribution in [3.05, 3.63) is 23.8 Å². The van der Waals surface area contributed by atoms with Gasteiger partial charge in [-0.25, -0.2) is 0 Å². The first kappa shape index (κ1) is 16.1. The molecule has 0 aromatic heterocycles. The Balaban J connectivity index is 2.31. The molecule has 1 aromatic rings. The first-order valence-electron chi connectivity index (χ1n) is 7.56. The molecule has 1 aromatic carbocycles. The van der Waals surface area contributed by atoms with Crippen molar-refractivity contribution in [2.45, 2.75) is 24.7 Å². The van der Waals surface area contributed by atoms with Crippen LogP contribution in [0.3, 0.4) is 0 Å². The molecule has 0 atom stereocenters. The maximum atomic E-state index is 5.58. The molecular weight excluding hydrogens is 266 g/mol. The van der Waals surface area contributed by atoms with Crippen LogP contribution in [0, 0.1) is 0 Å². The molecule has 0 radical (unpaired) electrons. The summed E-state index contributed by atoms with van der Waals surface area (Å²) in [4.78, 5) is 2.25. The van der Waals surface area contributed by atoms with E-state index < -0.39 is 0 Å². The molecule has 0 N–H and O–H groups in total. The van der Waals surface area contributed by atoms with Gasteiger partial charge < -0.3 is 19.1 Å². The van der Waals surface area contributed by atoms with Gasteiger partial charge in [0.25, 0.3) is 0 Å². The van der Waals surface area contributed by atoms with E-state index in [9.17, 15) is 0 Å². The van der Waals surface area contributed by atoms with Gasteiger partial charge in [0.1, 0.15) is 0 Å². The molecule has 4 nitrogen and oxygen atoms in total. The number of ether oxygens (including phenoxy) is 3. The van der Waals surface area contributed by atoms with Crippen LogP contribution in [-0.2, 0) is 10.2 Å². The van der Waals surface area contributed by atoms with E-state index in [4.69, 9.17) is 14.2 Å². The summed E-state index contributed by atoms with van der Waals surface area (Å²) in [5, 5.41) is 0. The van der Waals surface area contributed by atoms with E-state index in [2.05, 4.69) is 31.1 Å². The first-order chi connectivity index (χ1) is 10.1. The molecule has 0 unspecified atom stereocenters. The topological polar surface area (TPSA) is 30.9 Å². The van der Waals surface area contributed by atoms with Crippen LogP contribution in [0.5, 0.6) is 11.5 Å². The first-order valence-corrected chi connectivity index (χ1v) is 7.56. The molecular formula is C17H27NO3. The Bertz CT molecular complexity index is 453. The number of methoxy groups -OCH3 is 2. The normalized spacial score (nSPS) is 17.8. The van der Waals surface area contributed by atoms with E-state index in [0.717, 1.165) is 50.5 Å². The summed E-state index contributed by atoms with van der Waals surface area (Å²) in [6.45, 7) is 2.75. The van der Waals surface area contributed by atoms with Gasteiger partial charge in [0, 0.05) is 18.6 Å². The van der Waals surface area contributed by atoms with Gasteiger partial charge in [-0.05, 0) is 57.6 Å². The lowest BCUT2D eigenvalue weighted by Gasteiger charge is -2.39. The van der Waals surface area contributed by atoms with Gasteiger partial charge in [-0.3, -0.25) is 0 Å². The Morgan fingerprint density at radius 3 is 2.33 bits per heavy atom. The van der Waals surface area contributed by atoms with Crippen LogP contribution >= 0.6 is 0 Å². The lowest BCUT2D eigenvalue weighted by molar-refractivity contribution is 0.0441. The van der Waals surface area contributed by atoms with Gasteiger partial charge in [-0.1, -0.05) is 6.07 Å². The van der Waals surface area contributed by atoms with Crippen LogP contribution in [0.4, 0.5) is 0 Å². The smallest absolute Gasteiger partial charge is 0.161 e. The third kappa shape index (κ3) is 3.69. The molecule has 1 aliphatic heterocycles. The van der Waals surface area contributed by atoms with Gasteiger partial charge in [0.2, 0.25) is 0 Å². The third-order valence-corrected chi connectivity index (χ3v) is 4.48. The highest BCUT2D eigenvalue weighted by Crippen LogP contribution is 2.41. The summed E-state index contributed by atoms with van der Waals surface area (Å²) in [7, 11) is 7.62. The van der Waals surface area contributed by atoms with Crippen molar-refractivity contribution in [1.29, 1.82) is 0 Å². The predicted molar refractivity (Wildman–Crippen MR) is 84.4 cm³/mol. The number of rotatable bonds is 6. The molecule has 1 fully saturated rings. The summed E-state index contributed by atoms with van der Waals surface area (Å²) < 4.78 is 16.4. The molecule has 118 valence electrons. The Hall–Kier alpha value is -1.26. The zero-order chi connectivity index (χ0) is 15.3. The average Bonchev–Trinajstić information content (AvgIpc) is 2.53. The Kier molecular flexibility index (Phi) is 5.48. The van der Waals surface area contributed by atoms with E-state index >= 15 is 0 Å². The summed E-state index contributed by atoms with van der Waals surface area (Å²) in [6.07, 6.45) is 3.27. The molecule has 0 spiro atoms. The van der Waals surface area contributed by atoms with Gasteiger partial charge in [0.05, 0.1) is 14.2 Å². The average molecular weight is 293 g/mol. The zero-order valence-corrected chi connectivity index (χ0v) is 13.6. The Labute approximate surface area is 128 Å². The quantitative estimate of drug-likeness (QED) is 0.807. The number of hydrogen-bond donors (Lipinski definition) is 0. The second-order valence-corrected chi connectivity index (χ2v) is 6.02. The fraction of sp³-hybridized carbons (Fsp3) is 0.647. The lowest BCUT2D eigenvalue weighted by Crippen LogP contribution is -2.36. The number of nitrogens with zero attached hydrogens (tertiary/aromatic N) is 1. The fourth-order valence-corrected chi connectivity index (χ4v) is 3.05. The molecule has 21 heavy (non-hydrogen) atoms. The monoisotopic (exact) mass is 293 g/mol. The SMILES string of the molecule is COc1ccc(C2(CCN(C)C)CCOCC2)cc1OC. The molecule has 0 amide bonds. The van der Waals surface area contributed by atoms with Crippen molar-refractivity contribution in [2.24, 2.45) is 0 Å². The molecule has 1 aliphatic rings. The van der Waals surface area contributed by atoms with Gasteiger partial charge in [-0.2, -0.15) is 0 Å². The maximum absolute atomic E-state index is 5.58. The van der Waals surface area contributed by atoms with Gasteiger partial charge in [-0.15, -0.1) is 0 Å². The van der Waals surface area contributed by atoms with Crippen LogP contribution in [0.2, 0.25) is 0 Å². The highest BCUT2D eigenvalue weighted by Gasteiger charge is 2.34. The fourth-order valence-electron chi connectivity index (χ4n) is 3.05. The van der Waals surface area contributed by atoms with Crippen molar-refractivity contribution >= 4 is 0 Å². The van der Waals surface area contributed by atoms with Crippen LogP contribution in [0.25, 0.3) is 0 Å². The summed E-state index contributed by atoms with van der Waals surface area (Å²) in [6, 6.07) is 6.34. The van der Waals surface area contributed by atoms with E-state index in [1.807, 2.05) is 6.07 Å². The van der Waals surface area contributed by atoms with Crippen molar-refractivity contribution in [1.82, 2.24) is 4.90 Å². The van der Waals surface area contributed by atoms with Crippen molar-refractivity contribution in [2.75, 3.05) is 48.1 Å². The van der Waals surface area contributed by atoms with Gasteiger partial charge >= 0.3 is 0 Å². The summed E-state index contributed by atoms with van der Waals surface area (Å²) in [5.74, 6) is 1.60. The largest absolute Gasteiger partial charge is 0.493 e. The minimum absolute atomic E-state index is 0.183. The van der Waals surface area contributed by atoms with E-state index in [-0.39, 0.29) is 5.41 Å². The predicted octanol–water partition coefficient (Wildman–Crippen LogP) is 2.70. The highest BCUT2D eigenvalue weighted by atomic mass is 16.5. The molecule has 2 rings (SSSR count). The van der Waals surface area contributed by atoms with Crippen LogP contribution in [0.1, 0.15) is 24.8 Å². The Morgan fingerprint density at radius 2 is 1.76 bits per heavy atom. The molecule has 0 bridgehead atoms. The van der Waals surface area contributed by atoms with E-state index in [1.165, 1.54) is 5.56 Å². The molecule has 1 saturated heterocycles. The highest BCUT2D eigenvalue weighted by molar-refractivity contribution is 5.45. The van der Waals surface area contributed by atoms with Crippen LogP contribution in [-0.4, -0.2) is 53.0 Å². The maximum Gasteiger partial charge on any atom is 0.161 e. The third-order valence-electron chi connectivity index (χ3n) is 4.48. The zero-order valence-electron chi connectivity index (χ0n) is 13.6. The number of benzene rings is 1. The van der Waals surface area contributed by atoms with Crippen molar-refractivity contribution in [3.63, 3.8) is 0 Å². The standard InChI is InChI=1S/C17H27NO3/c1-18(2)10-7-17(8-11-21-12-9-17)14-5-6-15(19-3)16(13-14)20-4/h5-6,13H,7-12H2,1-4H3. The summed E-state index contributed by atoms with van der Waals surface area (Å²) >= 11 is 0. The van der Waals surface area contributed by atoms with E-state index in [0.29, 0.717) is 0 Å². The second kappa shape index (κ2) is 7.14.